The third kappa shape index (κ3) is 3.58. The molecule has 0 saturated carbocycles. The van der Waals surface area contributed by atoms with Gasteiger partial charge in [-0.25, -0.2) is 9.67 Å². The van der Waals surface area contributed by atoms with Gasteiger partial charge in [-0.2, -0.15) is 18.3 Å². The lowest BCUT2D eigenvalue weighted by molar-refractivity contribution is -0.136. The molecule has 0 aliphatic heterocycles. The average molecular weight is 409 g/mol. The number of hydrogen-bond acceptors (Lipinski definition) is 2. The maximum atomic E-state index is 14.0. The molecule has 0 N–H and O–H groups in total. The molecule has 2 aromatic heterocycles. The normalized spacial score (nSPS) is 12.5. The number of aryl methyl sites for hydroxylation is 1. The first-order valence-corrected chi connectivity index (χ1v) is 9.69. The molecule has 4 rings (SSSR count). The Morgan fingerprint density at radius 1 is 0.867 bits per heavy atom. The summed E-state index contributed by atoms with van der Waals surface area (Å²) in [7, 11) is 0. The fourth-order valence-electron chi connectivity index (χ4n) is 3.54. The lowest BCUT2D eigenvalue weighted by Gasteiger charge is -2.19. The highest BCUT2D eigenvalue weighted by Gasteiger charge is 2.36. The zero-order valence-electron chi connectivity index (χ0n) is 17.2. The van der Waals surface area contributed by atoms with E-state index in [0.29, 0.717) is 16.9 Å². The number of para-hydroxylation sites is 1. The third-order valence-electron chi connectivity index (χ3n) is 5.10. The smallest absolute Gasteiger partial charge is 0.233 e. The number of halogens is 3. The first kappa shape index (κ1) is 20.1. The maximum absolute atomic E-state index is 14.0. The summed E-state index contributed by atoms with van der Waals surface area (Å²) in [6.07, 6.45) is -4.52. The first-order chi connectivity index (χ1) is 14.1. The predicted octanol–water partition coefficient (Wildman–Crippen LogP) is 6.71. The van der Waals surface area contributed by atoms with E-state index in [9.17, 15) is 13.2 Å². The zero-order valence-corrected chi connectivity index (χ0v) is 17.2. The van der Waals surface area contributed by atoms with E-state index >= 15 is 0 Å². The summed E-state index contributed by atoms with van der Waals surface area (Å²) in [5.41, 5.74) is 2.37. The topological polar surface area (TPSA) is 30.7 Å². The largest absolute Gasteiger partial charge is 0.417 e. The van der Waals surface area contributed by atoms with Crippen LogP contribution in [-0.4, -0.2) is 14.8 Å². The zero-order chi connectivity index (χ0) is 21.7. The van der Waals surface area contributed by atoms with Crippen LogP contribution in [0.1, 0.15) is 37.6 Å². The molecule has 0 spiro atoms. The van der Waals surface area contributed by atoms with E-state index in [1.165, 1.54) is 4.68 Å². The van der Waals surface area contributed by atoms with E-state index < -0.39 is 11.7 Å². The van der Waals surface area contributed by atoms with Gasteiger partial charge >= 0.3 is 6.18 Å². The Balaban J connectivity index is 2.04. The van der Waals surface area contributed by atoms with Gasteiger partial charge in [0.25, 0.3) is 0 Å². The van der Waals surface area contributed by atoms with Crippen molar-refractivity contribution in [1.82, 2.24) is 14.8 Å². The van der Waals surface area contributed by atoms with Crippen LogP contribution in [0.25, 0.3) is 28.0 Å². The molecule has 154 valence electrons. The monoisotopic (exact) mass is 409 g/mol. The van der Waals surface area contributed by atoms with E-state index in [1.807, 2.05) is 42.5 Å². The van der Waals surface area contributed by atoms with E-state index in [1.54, 1.807) is 19.1 Å². The summed E-state index contributed by atoms with van der Waals surface area (Å²) >= 11 is 0. The summed E-state index contributed by atoms with van der Waals surface area (Å²) in [5, 5.41) is 4.61. The summed E-state index contributed by atoms with van der Waals surface area (Å²) in [4.78, 5) is 4.43. The summed E-state index contributed by atoms with van der Waals surface area (Å²) in [6, 6.07) is 17.7. The Bertz CT molecular complexity index is 1200. The fourth-order valence-corrected chi connectivity index (χ4v) is 3.54. The van der Waals surface area contributed by atoms with Crippen molar-refractivity contribution >= 4 is 11.0 Å². The Morgan fingerprint density at radius 2 is 1.50 bits per heavy atom. The molecule has 3 nitrogen and oxygen atoms in total. The number of aromatic nitrogens is 3. The van der Waals surface area contributed by atoms with Crippen molar-refractivity contribution in [2.75, 3.05) is 0 Å². The Morgan fingerprint density at radius 3 is 2.07 bits per heavy atom. The lowest BCUT2D eigenvalue weighted by Crippen LogP contribution is -2.10. The van der Waals surface area contributed by atoms with Crippen LogP contribution in [0.2, 0.25) is 0 Å². The second kappa shape index (κ2) is 6.97. The molecule has 6 heteroatoms. The van der Waals surface area contributed by atoms with Crippen LogP contribution < -0.4 is 0 Å². The molecule has 0 saturated heterocycles. The van der Waals surface area contributed by atoms with Gasteiger partial charge in [0.15, 0.2) is 5.65 Å². The number of rotatable bonds is 2. The van der Waals surface area contributed by atoms with E-state index in [2.05, 4.69) is 30.9 Å². The minimum absolute atomic E-state index is 0.0143. The highest BCUT2D eigenvalue weighted by atomic mass is 19.4. The van der Waals surface area contributed by atoms with Gasteiger partial charge in [0.1, 0.15) is 5.69 Å². The van der Waals surface area contributed by atoms with Crippen LogP contribution in [0.4, 0.5) is 13.2 Å². The summed E-state index contributed by atoms with van der Waals surface area (Å²) < 4.78 is 43.4. The molecule has 0 unspecified atom stereocenters. The van der Waals surface area contributed by atoms with Crippen molar-refractivity contribution < 1.29 is 13.2 Å². The fraction of sp³-hybridized carbons (Fsp3) is 0.250. The Labute approximate surface area is 173 Å². The molecule has 0 bridgehead atoms. The van der Waals surface area contributed by atoms with Gasteiger partial charge in [0.2, 0.25) is 0 Å². The van der Waals surface area contributed by atoms with E-state index in [0.717, 1.165) is 11.6 Å². The number of nitrogens with zero attached hydrogens (tertiary/aromatic N) is 3. The van der Waals surface area contributed by atoms with Gasteiger partial charge in [-0.15, -0.1) is 0 Å². The molecular weight excluding hydrogens is 387 g/mol. The number of hydrogen-bond donors (Lipinski definition) is 0. The Hall–Kier alpha value is -3.15. The van der Waals surface area contributed by atoms with Gasteiger partial charge in [-0.05, 0) is 36.1 Å². The molecule has 0 atom stereocenters. The van der Waals surface area contributed by atoms with Crippen molar-refractivity contribution in [1.29, 1.82) is 0 Å². The van der Waals surface area contributed by atoms with Crippen LogP contribution in [0.5, 0.6) is 0 Å². The third-order valence-corrected chi connectivity index (χ3v) is 5.10. The molecular formula is C24H22F3N3. The van der Waals surface area contributed by atoms with E-state index in [4.69, 9.17) is 0 Å². The van der Waals surface area contributed by atoms with Gasteiger partial charge < -0.3 is 0 Å². The van der Waals surface area contributed by atoms with Crippen molar-refractivity contribution in [2.45, 2.75) is 39.3 Å². The molecule has 30 heavy (non-hydrogen) atoms. The maximum Gasteiger partial charge on any atom is 0.417 e. The molecule has 2 aromatic carbocycles. The SMILES string of the molecule is Cc1cc(C(F)(F)F)c2c(-c3ccc(C(C)(C)C)cc3)nn(-c3ccccc3)c2n1. The van der Waals surface area contributed by atoms with Gasteiger partial charge in [0, 0.05) is 11.3 Å². The molecule has 0 radical (unpaired) electrons. The number of fused-ring (bicyclic) bond motifs is 1. The molecule has 4 aromatic rings. The van der Waals surface area contributed by atoms with Gasteiger partial charge in [-0.3, -0.25) is 0 Å². The van der Waals surface area contributed by atoms with Crippen LogP contribution >= 0.6 is 0 Å². The van der Waals surface area contributed by atoms with E-state index in [-0.39, 0.29) is 22.1 Å². The highest BCUT2D eigenvalue weighted by molar-refractivity contribution is 5.95. The number of alkyl halides is 3. The summed E-state index contributed by atoms with van der Waals surface area (Å²) in [5.74, 6) is 0. The Kier molecular flexibility index (Phi) is 4.68. The van der Waals surface area contributed by atoms with Crippen molar-refractivity contribution in [3.8, 4) is 16.9 Å². The minimum atomic E-state index is -4.52. The quantitative estimate of drug-likeness (QED) is 0.368. The van der Waals surface area contributed by atoms with Crippen LogP contribution in [0.3, 0.4) is 0 Å². The molecule has 0 aliphatic carbocycles. The van der Waals surface area contributed by atoms with Crippen molar-refractivity contribution in [3.63, 3.8) is 0 Å². The second-order valence-corrected chi connectivity index (χ2v) is 8.43. The minimum Gasteiger partial charge on any atom is -0.233 e. The molecule has 0 aliphatic rings. The average Bonchev–Trinajstić information content (AvgIpc) is 3.06. The molecule has 0 amide bonds. The van der Waals surface area contributed by atoms with Crippen LogP contribution in [-0.2, 0) is 11.6 Å². The van der Waals surface area contributed by atoms with Crippen molar-refractivity contribution in [3.05, 3.63) is 77.5 Å². The second-order valence-electron chi connectivity index (χ2n) is 8.43. The summed E-state index contributed by atoms with van der Waals surface area (Å²) in [6.45, 7) is 7.84. The number of benzene rings is 2. The van der Waals surface area contributed by atoms with Gasteiger partial charge in [0.05, 0.1) is 16.6 Å². The van der Waals surface area contributed by atoms with Crippen molar-refractivity contribution in [2.24, 2.45) is 0 Å². The van der Waals surface area contributed by atoms with Crippen LogP contribution in [0.15, 0.2) is 60.7 Å². The highest BCUT2D eigenvalue weighted by Crippen LogP contribution is 2.40. The standard InChI is InChI=1S/C24H22F3N3/c1-15-14-19(24(25,26)27)20-21(16-10-12-17(13-11-16)23(2,3)4)29-30(22(20)28-15)18-8-6-5-7-9-18/h5-14H,1-4H3. The number of pyridine rings is 1. The predicted molar refractivity (Wildman–Crippen MR) is 113 cm³/mol. The first-order valence-electron chi connectivity index (χ1n) is 9.69. The molecule has 0 fully saturated rings. The molecule has 2 heterocycles. The van der Waals surface area contributed by atoms with Gasteiger partial charge in [-0.1, -0.05) is 63.2 Å². The lowest BCUT2D eigenvalue weighted by atomic mass is 9.86. The van der Waals surface area contributed by atoms with Crippen LogP contribution in [0, 0.1) is 6.92 Å².